The Balaban J connectivity index is 2.87. The number of nitrogens with zero attached hydrogens (tertiary/aromatic N) is 1. The number of sulfonamides is 1. The zero-order valence-corrected chi connectivity index (χ0v) is 13.2. The maximum absolute atomic E-state index is 11.9. The molecule has 1 aromatic rings. The van der Waals surface area contributed by atoms with E-state index in [1.54, 1.807) is 31.2 Å². The molecule has 0 radical (unpaired) electrons. The quantitative estimate of drug-likeness (QED) is 0.873. The van der Waals surface area contributed by atoms with E-state index in [2.05, 4.69) is 5.32 Å². The predicted molar refractivity (Wildman–Crippen MR) is 81.5 cm³/mol. The monoisotopic (exact) mass is 298 g/mol. The lowest BCUT2D eigenvalue weighted by Crippen LogP contribution is -2.32. The molecular formula is C14H22N2O3S. The van der Waals surface area contributed by atoms with Crippen LogP contribution < -0.4 is 9.62 Å². The molecular weight excluding hydrogens is 276 g/mol. The Morgan fingerprint density at radius 1 is 1.25 bits per heavy atom. The van der Waals surface area contributed by atoms with Gasteiger partial charge >= 0.3 is 0 Å². The molecule has 0 bridgehead atoms. The Kier molecular flexibility index (Phi) is 5.56. The third-order valence-electron chi connectivity index (χ3n) is 3.27. The number of carbonyl (C=O) groups excluding carboxylic acids is 1. The van der Waals surface area contributed by atoms with Gasteiger partial charge < -0.3 is 5.32 Å². The van der Waals surface area contributed by atoms with Crippen molar-refractivity contribution in [1.29, 1.82) is 0 Å². The van der Waals surface area contributed by atoms with E-state index in [1.807, 2.05) is 13.8 Å². The van der Waals surface area contributed by atoms with Crippen molar-refractivity contribution in [1.82, 2.24) is 5.32 Å². The van der Waals surface area contributed by atoms with Gasteiger partial charge in [-0.15, -0.1) is 0 Å². The van der Waals surface area contributed by atoms with E-state index in [1.165, 1.54) is 11.4 Å². The fourth-order valence-electron chi connectivity index (χ4n) is 1.59. The molecule has 0 saturated carbocycles. The summed E-state index contributed by atoms with van der Waals surface area (Å²) in [5.74, 6) is -0.105. The van der Waals surface area contributed by atoms with E-state index in [0.29, 0.717) is 11.3 Å². The Hall–Kier alpha value is -1.56. The summed E-state index contributed by atoms with van der Waals surface area (Å²) in [6.07, 6.45) is 0.862. The summed E-state index contributed by atoms with van der Waals surface area (Å²) in [5, 5.41) is 2.87. The highest BCUT2D eigenvalue weighted by Gasteiger charge is 2.16. The van der Waals surface area contributed by atoms with E-state index >= 15 is 0 Å². The minimum Gasteiger partial charge on any atom is -0.350 e. The summed E-state index contributed by atoms with van der Waals surface area (Å²) in [7, 11) is -1.77. The van der Waals surface area contributed by atoms with Gasteiger partial charge in [-0.3, -0.25) is 9.10 Å². The number of benzene rings is 1. The van der Waals surface area contributed by atoms with Crippen LogP contribution in [0.15, 0.2) is 24.3 Å². The standard InChI is InChI=1S/C14H22N2O3S/c1-5-11(3)15-14(17)12-7-9-13(10-8-12)16(4)20(18,19)6-2/h7-11H,5-6H2,1-4H3,(H,15,17)/t11-/m1/s1. The van der Waals surface area contributed by atoms with Gasteiger partial charge in [0.25, 0.3) is 5.91 Å². The lowest BCUT2D eigenvalue weighted by molar-refractivity contribution is 0.0939. The van der Waals surface area contributed by atoms with Crippen LogP contribution in [0.1, 0.15) is 37.6 Å². The topological polar surface area (TPSA) is 66.5 Å². The molecule has 0 saturated heterocycles. The Morgan fingerprint density at radius 2 is 1.80 bits per heavy atom. The second-order valence-electron chi connectivity index (χ2n) is 4.70. The van der Waals surface area contributed by atoms with E-state index in [-0.39, 0.29) is 17.7 Å². The molecule has 0 aliphatic rings. The van der Waals surface area contributed by atoms with Crippen molar-refractivity contribution in [2.75, 3.05) is 17.1 Å². The molecule has 0 aromatic heterocycles. The van der Waals surface area contributed by atoms with Crippen LogP contribution in [-0.2, 0) is 10.0 Å². The maximum atomic E-state index is 11.9. The average molecular weight is 298 g/mol. The van der Waals surface area contributed by atoms with Crippen LogP contribution in [0, 0.1) is 0 Å². The number of hydrogen-bond acceptors (Lipinski definition) is 3. The summed E-state index contributed by atoms with van der Waals surface area (Å²) in [4.78, 5) is 11.9. The van der Waals surface area contributed by atoms with Crippen molar-refractivity contribution >= 4 is 21.6 Å². The number of hydrogen-bond donors (Lipinski definition) is 1. The molecule has 5 nitrogen and oxygen atoms in total. The first-order valence-electron chi connectivity index (χ1n) is 6.69. The van der Waals surface area contributed by atoms with E-state index in [4.69, 9.17) is 0 Å². The van der Waals surface area contributed by atoms with Gasteiger partial charge in [-0.05, 0) is 44.5 Å². The second-order valence-corrected chi connectivity index (χ2v) is 6.99. The van der Waals surface area contributed by atoms with Gasteiger partial charge in [0.2, 0.25) is 10.0 Å². The highest BCUT2D eigenvalue weighted by molar-refractivity contribution is 7.92. The molecule has 0 fully saturated rings. The van der Waals surface area contributed by atoms with Gasteiger partial charge in [0.1, 0.15) is 0 Å². The molecule has 6 heteroatoms. The van der Waals surface area contributed by atoms with E-state index in [0.717, 1.165) is 6.42 Å². The first-order chi connectivity index (χ1) is 9.31. The van der Waals surface area contributed by atoms with E-state index in [9.17, 15) is 13.2 Å². The first-order valence-corrected chi connectivity index (χ1v) is 8.30. The molecule has 0 unspecified atom stereocenters. The van der Waals surface area contributed by atoms with Gasteiger partial charge in [-0.25, -0.2) is 8.42 Å². The molecule has 1 aromatic carbocycles. The summed E-state index contributed by atoms with van der Waals surface area (Å²) in [5.41, 5.74) is 1.07. The molecule has 0 aliphatic heterocycles. The Bertz CT molecular complexity index is 552. The number of carbonyl (C=O) groups is 1. The minimum absolute atomic E-state index is 0.0414. The summed E-state index contributed by atoms with van der Waals surface area (Å²) < 4.78 is 24.7. The van der Waals surface area contributed by atoms with Crippen molar-refractivity contribution in [3.63, 3.8) is 0 Å². The summed E-state index contributed by atoms with van der Waals surface area (Å²) in [6.45, 7) is 5.53. The Labute approximate surface area is 121 Å². The SMILES string of the molecule is CC[C@@H](C)NC(=O)c1ccc(N(C)S(=O)(=O)CC)cc1. The fraction of sp³-hybridized carbons (Fsp3) is 0.500. The largest absolute Gasteiger partial charge is 0.350 e. The molecule has 1 N–H and O–H groups in total. The third-order valence-corrected chi connectivity index (χ3v) is 5.04. The highest BCUT2D eigenvalue weighted by atomic mass is 32.2. The van der Waals surface area contributed by atoms with Gasteiger partial charge in [-0.1, -0.05) is 6.92 Å². The zero-order valence-electron chi connectivity index (χ0n) is 12.4. The van der Waals surface area contributed by atoms with Crippen molar-refractivity contribution < 1.29 is 13.2 Å². The van der Waals surface area contributed by atoms with Gasteiger partial charge in [0, 0.05) is 18.7 Å². The maximum Gasteiger partial charge on any atom is 0.251 e. The van der Waals surface area contributed by atoms with Gasteiger partial charge in [-0.2, -0.15) is 0 Å². The average Bonchev–Trinajstić information content (AvgIpc) is 2.46. The summed E-state index contributed by atoms with van der Waals surface area (Å²) >= 11 is 0. The lowest BCUT2D eigenvalue weighted by atomic mass is 10.1. The van der Waals surface area contributed by atoms with Crippen LogP contribution in [0.2, 0.25) is 0 Å². The number of rotatable bonds is 6. The third kappa shape index (κ3) is 3.96. The van der Waals surface area contributed by atoms with Crippen molar-refractivity contribution in [3.05, 3.63) is 29.8 Å². The van der Waals surface area contributed by atoms with Crippen LogP contribution in [0.3, 0.4) is 0 Å². The summed E-state index contributed by atoms with van der Waals surface area (Å²) in [6, 6.07) is 6.66. The number of nitrogens with one attached hydrogen (secondary N) is 1. The van der Waals surface area contributed by atoms with Crippen LogP contribution in [0.5, 0.6) is 0 Å². The van der Waals surface area contributed by atoms with E-state index < -0.39 is 10.0 Å². The first kappa shape index (κ1) is 16.5. The fourth-order valence-corrected chi connectivity index (χ4v) is 2.42. The minimum atomic E-state index is -3.27. The van der Waals surface area contributed by atoms with Crippen molar-refractivity contribution in [2.45, 2.75) is 33.2 Å². The lowest BCUT2D eigenvalue weighted by Gasteiger charge is -2.18. The second kappa shape index (κ2) is 6.74. The molecule has 1 rings (SSSR count). The molecule has 0 spiro atoms. The highest BCUT2D eigenvalue weighted by Crippen LogP contribution is 2.17. The Morgan fingerprint density at radius 3 is 2.25 bits per heavy atom. The van der Waals surface area contributed by atoms with Crippen molar-refractivity contribution in [2.24, 2.45) is 0 Å². The van der Waals surface area contributed by atoms with Gasteiger partial charge in [0.15, 0.2) is 0 Å². The molecule has 20 heavy (non-hydrogen) atoms. The van der Waals surface area contributed by atoms with Crippen LogP contribution in [0.4, 0.5) is 5.69 Å². The smallest absolute Gasteiger partial charge is 0.251 e. The normalized spacial score (nSPS) is 12.8. The van der Waals surface area contributed by atoms with Crippen LogP contribution in [0.25, 0.3) is 0 Å². The number of anilines is 1. The molecule has 0 aliphatic carbocycles. The predicted octanol–water partition coefficient (Wildman–Crippen LogP) is 2.00. The zero-order chi connectivity index (χ0) is 15.3. The molecule has 0 heterocycles. The van der Waals surface area contributed by atoms with Gasteiger partial charge in [0.05, 0.1) is 11.4 Å². The molecule has 112 valence electrons. The number of amides is 1. The van der Waals surface area contributed by atoms with Crippen molar-refractivity contribution in [3.8, 4) is 0 Å². The van der Waals surface area contributed by atoms with Crippen LogP contribution >= 0.6 is 0 Å². The molecule has 1 amide bonds. The van der Waals surface area contributed by atoms with Crippen LogP contribution in [-0.4, -0.2) is 33.2 Å². The molecule has 1 atom stereocenters.